The molecule has 1 saturated carbocycles. The zero-order chi connectivity index (χ0) is 10.2. The maximum Gasteiger partial charge on any atom is 0.119 e. The van der Waals surface area contributed by atoms with Gasteiger partial charge in [0, 0.05) is 23.0 Å². The molecule has 2 N–H and O–H groups in total. The van der Waals surface area contributed by atoms with E-state index in [-0.39, 0.29) is 0 Å². The molecule has 3 aliphatic rings. The highest BCUT2D eigenvalue weighted by Crippen LogP contribution is 2.75. The summed E-state index contributed by atoms with van der Waals surface area (Å²) in [5.74, 6) is 1.41. The van der Waals surface area contributed by atoms with Crippen LogP contribution in [0.3, 0.4) is 0 Å². The normalized spacial score (nSPS) is 32.3. The summed E-state index contributed by atoms with van der Waals surface area (Å²) in [5.41, 5.74) is 2.30. The standard InChI is InChI=1S/C13H12O2/c14-9-3-4-10(15)12-8-2-1-7(11(9)12)13(8)5-6-13/h1-4,7-8,14-15H,5-6H2/t7-,8+. The van der Waals surface area contributed by atoms with Gasteiger partial charge in [-0.3, -0.25) is 0 Å². The third-order valence-electron chi connectivity index (χ3n) is 4.43. The van der Waals surface area contributed by atoms with E-state index >= 15 is 0 Å². The number of hydrogen-bond acceptors (Lipinski definition) is 2. The van der Waals surface area contributed by atoms with E-state index in [2.05, 4.69) is 12.2 Å². The van der Waals surface area contributed by atoms with Crippen molar-refractivity contribution >= 4 is 0 Å². The predicted molar refractivity (Wildman–Crippen MR) is 56.1 cm³/mol. The Balaban J connectivity index is 2.06. The molecular formula is C13H12O2. The molecule has 0 heterocycles. The van der Waals surface area contributed by atoms with Crippen molar-refractivity contribution in [2.45, 2.75) is 24.7 Å². The molecule has 1 spiro atoms. The smallest absolute Gasteiger partial charge is 0.119 e. The van der Waals surface area contributed by atoms with Crippen molar-refractivity contribution in [3.8, 4) is 11.5 Å². The molecule has 4 rings (SSSR count). The van der Waals surface area contributed by atoms with E-state index in [0.717, 1.165) is 11.1 Å². The minimum absolute atomic E-state index is 0.332. The van der Waals surface area contributed by atoms with Gasteiger partial charge in [-0.15, -0.1) is 0 Å². The Kier molecular flexibility index (Phi) is 1.07. The Hall–Kier alpha value is -1.44. The highest BCUT2D eigenvalue weighted by atomic mass is 16.3. The summed E-state index contributed by atoms with van der Waals surface area (Å²) < 4.78 is 0. The molecule has 0 amide bonds. The van der Waals surface area contributed by atoms with E-state index in [1.54, 1.807) is 12.1 Å². The molecule has 2 bridgehead atoms. The molecule has 0 saturated heterocycles. The van der Waals surface area contributed by atoms with Gasteiger partial charge in [0.15, 0.2) is 0 Å². The van der Waals surface area contributed by atoms with Crippen LogP contribution in [0.25, 0.3) is 0 Å². The lowest BCUT2D eigenvalue weighted by Crippen LogP contribution is -2.03. The van der Waals surface area contributed by atoms with E-state index in [1.165, 1.54) is 12.8 Å². The molecule has 2 nitrogen and oxygen atoms in total. The molecule has 0 aliphatic heterocycles. The number of aromatic hydroxyl groups is 2. The monoisotopic (exact) mass is 200 g/mol. The summed E-state index contributed by atoms with van der Waals surface area (Å²) in [6, 6.07) is 3.22. The molecule has 1 aromatic carbocycles. The maximum absolute atomic E-state index is 9.89. The summed E-state index contributed by atoms with van der Waals surface area (Å²) in [6.45, 7) is 0. The van der Waals surface area contributed by atoms with E-state index in [0.29, 0.717) is 28.7 Å². The van der Waals surface area contributed by atoms with Crippen LogP contribution < -0.4 is 0 Å². The van der Waals surface area contributed by atoms with E-state index in [9.17, 15) is 10.2 Å². The van der Waals surface area contributed by atoms with Crippen LogP contribution in [0.15, 0.2) is 24.3 Å². The topological polar surface area (TPSA) is 40.5 Å². The second-order valence-electron chi connectivity index (χ2n) is 5.00. The highest BCUT2D eigenvalue weighted by Gasteiger charge is 2.63. The van der Waals surface area contributed by atoms with Gasteiger partial charge in [-0.2, -0.15) is 0 Å². The van der Waals surface area contributed by atoms with Crippen LogP contribution in [0.5, 0.6) is 11.5 Å². The van der Waals surface area contributed by atoms with Crippen molar-refractivity contribution in [3.05, 3.63) is 35.4 Å². The fraction of sp³-hybridized carbons (Fsp3) is 0.385. The lowest BCUT2D eigenvalue weighted by Gasteiger charge is -2.12. The zero-order valence-corrected chi connectivity index (χ0v) is 8.27. The van der Waals surface area contributed by atoms with Crippen molar-refractivity contribution in [1.29, 1.82) is 0 Å². The van der Waals surface area contributed by atoms with E-state index in [4.69, 9.17) is 0 Å². The molecule has 2 atom stereocenters. The lowest BCUT2D eigenvalue weighted by atomic mass is 9.90. The van der Waals surface area contributed by atoms with Crippen molar-refractivity contribution in [2.24, 2.45) is 5.41 Å². The van der Waals surface area contributed by atoms with Crippen LogP contribution >= 0.6 is 0 Å². The van der Waals surface area contributed by atoms with Gasteiger partial charge in [0.25, 0.3) is 0 Å². The summed E-state index contributed by atoms with van der Waals surface area (Å²) in [5, 5.41) is 19.8. The number of rotatable bonds is 0. The molecule has 0 aromatic heterocycles. The molecule has 15 heavy (non-hydrogen) atoms. The van der Waals surface area contributed by atoms with Gasteiger partial charge in [0.1, 0.15) is 11.5 Å². The van der Waals surface area contributed by atoms with Gasteiger partial charge < -0.3 is 10.2 Å². The van der Waals surface area contributed by atoms with Crippen molar-refractivity contribution in [2.75, 3.05) is 0 Å². The molecule has 76 valence electrons. The average Bonchev–Trinajstić information content (AvgIpc) is 2.88. The van der Waals surface area contributed by atoms with Crippen LogP contribution in [0, 0.1) is 5.41 Å². The second-order valence-corrected chi connectivity index (χ2v) is 5.00. The summed E-state index contributed by atoms with van der Waals surface area (Å²) in [7, 11) is 0. The van der Waals surface area contributed by atoms with Crippen molar-refractivity contribution < 1.29 is 10.2 Å². The van der Waals surface area contributed by atoms with Gasteiger partial charge in [-0.1, -0.05) is 12.2 Å². The first-order valence-electron chi connectivity index (χ1n) is 5.47. The quantitative estimate of drug-likeness (QED) is 0.499. The second kappa shape index (κ2) is 2.06. The Morgan fingerprint density at radius 1 is 0.933 bits per heavy atom. The van der Waals surface area contributed by atoms with Gasteiger partial charge >= 0.3 is 0 Å². The Labute approximate surface area is 87.9 Å². The predicted octanol–water partition coefficient (Wildman–Crippen LogP) is 2.63. The van der Waals surface area contributed by atoms with Gasteiger partial charge in [0.2, 0.25) is 0 Å². The summed E-state index contributed by atoms with van der Waals surface area (Å²) >= 11 is 0. The molecule has 1 fully saturated rings. The number of allylic oxidation sites excluding steroid dienone is 2. The van der Waals surface area contributed by atoms with Crippen LogP contribution in [-0.2, 0) is 0 Å². The largest absolute Gasteiger partial charge is 0.508 e. The molecule has 2 heteroatoms. The van der Waals surface area contributed by atoms with Crippen molar-refractivity contribution in [3.63, 3.8) is 0 Å². The Morgan fingerprint density at radius 3 is 1.80 bits per heavy atom. The number of fused-ring (bicyclic) bond motifs is 3. The van der Waals surface area contributed by atoms with Crippen LogP contribution in [-0.4, -0.2) is 10.2 Å². The molecular weight excluding hydrogens is 188 g/mol. The Bertz CT molecular complexity index is 457. The SMILES string of the molecule is Oc1ccc(O)c2c1[C@H]1C=C[C@@H]2C12CC2. The zero-order valence-electron chi connectivity index (χ0n) is 8.27. The number of benzene rings is 1. The van der Waals surface area contributed by atoms with Crippen LogP contribution in [0.2, 0.25) is 0 Å². The van der Waals surface area contributed by atoms with Crippen LogP contribution in [0.1, 0.15) is 35.8 Å². The molecule has 0 unspecified atom stereocenters. The minimum atomic E-state index is 0.332. The number of hydrogen-bond donors (Lipinski definition) is 2. The minimum Gasteiger partial charge on any atom is -0.508 e. The fourth-order valence-electron chi connectivity index (χ4n) is 3.60. The van der Waals surface area contributed by atoms with E-state index < -0.39 is 0 Å². The summed E-state index contributed by atoms with van der Waals surface area (Å²) in [4.78, 5) is 0. The van der Waals surface area contributed by atoms with Gasteiger partial charge in [-0.25, -0.2) is 0 Å². The van der Waals surface area contributed by atoms with E-state index in [1.807, 2.05) is 0 Å². The third-order valence-corrected chi connectivity index (χ3v) is 4.43. The average molecular weight is 200 g/mol. The number of phenols is 2. The highest BCUT2D eigenvalue weighted by molar-refractivity contribution is 5.63. The lowest BCUT2D eigenvalue weighted by molar-refractivity contribution is 0.448. The Morgan fingerprint density at radius 2 is 1.40 bits per heavy atom. The maximum atomic E-state index is 9.89. The van der Waals surface area contributed by atoms with Crippen LogP contribution in [0.4, 0.5) is 0 Å². The summed E-state index contributed by atoms with van der Waals surface area (Å²) in [6.07, 6.45) is 6.87. The number of phenolic OH excluding ortho intramolecular Hbond substituents is 2. The third kappa shape index (κ3) is 0.675. The first-order chi connectivity index (χ1) is 7.24. The van der Waals surface area contributed by atoms with Gasteiger partial charge in [-0.05, 0) is 30.4 Å². The molecule has 0 radical (unpaired) electrons. The first-order valence-corrected chi connectivity index (χ1v) is 5.47. The van der Waals surface area contributed by atoms with Gasteiger partial charge in [0.05, 0.1) is 0 Å². The molecule has 3 aliphatic carbocycles. The molecule has 1 aromatic rings. The first kappa shape index (κ1) is 7.80. The van der Waals surface area contributed by atoms with Crippen molar-refractivity contribution in [1.82, 2.24) is 0 Å². The fourth-order valence-corrected chi connectivity index (χ4v) is 3.60.